The van der Waals surface area contributed by atoms with Crippen molar-refractivity contribution in [1.29, 1.82) is 0 Å². The van der Waals surface area contributed by atoms with Crippen LogP contribution in [0.5, 0.6) is 5.75 Å². The highest BCUT2D eigenvalue weighted by atomic mass is 79.9. The molecule has 1 aromatic carbocycles. The first kappa shape index (κ1) is 19.5. The second-order valence-electron chi connectivity index (χ2n) is 6.14. The van der Waals surface area contributed by atoms with E-state index in [1.165, 1.54) is 0 Å². The van der Waals surface area contributed by atoms with Crippen molar-refractivity contribution in [2.75, 3.05) is 26.2 Å². The van der Waals surface area contributed by atoms with E-state index < -0.39 is 6.10 Å². The van der Waals surface area contributed by atoms with E-state index in [-0.39, 0.29) is 18.1 Å². The van der Waals surface area contributed by atoms with Crippen molar-refractivity contribution in [2.24, 2.45) is 0 Å². The molecular weight excluding hydrogens is 396 g/mol. The van der Waals surface area contributed by atoms with Gasteiger partial charge >= 0.3 is 0 Å². The first-order valence-corrected chi connectivity index (χ1v) is 9.29. The summed E-state index contributed by atoms with van der Waals surface area (Å²) in [6.45, 7) is 9.06. The molecule has 1 N–H and O–H groups in total. The highest BCUT2D eigenvalue weighted by Gasteiger charge is 2.22. The van der Waals surface area contributed by atoms with Crippen LogP contribution < -0.4 is 10.1 Å². The standard InChI is InChI=1S/C17H24BrClN2O3/c1-11-9-21(10-12(2)23-11)7-6-20-17(22)13(3)24-16-5-4-14(19)8-15(16)18/h4-5,8,11-13H,6-7,9-10H2,1-3H3,(H,20,22). The maximum Gasteiger partial charge on any atom is 0.260 e. The molecule has 0 aliphatic carbocycles. The molecule has 24 heavy (non-hydrogen) atoms. The van der Waals surface area contributed by atoms with Crippen LogP contribution >= 0.6 is 27.5 Å². The minimum Gasteiger partial charge on any atom is -0.480 e. The molecule has 2 rings (SSSR count). The van der Waals surface area contributed by atoms with Gasteiger partial charge in [-0.25, -0.2) is 0 Å². The fourth-order valence-corrected chi connectivity index (χ4v) is 3.54. The monoisotopic (exact) mass is 418 g/mol. The number of ether oxygens (including phenoxy) is 2. The highest BCUT2D eigenvalue weighted by Crippen LogP contribution is 2.28. The fourth-order valence-electron chi connectivity index (χ4n) is 2.76. The summed E-state index contributed by atoms with van der Waals surface area (Å²) in [5.41, 5.74) is 0. The molecule has 0 aromatic heterocycles. The summed E-state index contributed by atoms with van der Waals surface area (Å²) in [6.07, 6.45) is -0.118. The van der Waals surface area contributed by atoms with Gasteiger partial charge in [-0.3, -0.25) is 9.69 Å². The van der Waals surface area contributed by atoms with Crippen molar-refractivity contribution in [1.82, 2.24) is 10.2 Å². The Bertz CT molecular complexity index is 563. The van der Waals surface area contributed by atoms with Crippen LogP contribution in [0, 0.1) is 0 Å². The number of carbonyl (C=O) groups excluding carboxylic acids is 1. The zero-order valence-electron chi connectivity index (χ0n) is 14.2. The maximum atomic E-state index is 12.2. The third kappa shape index (κ3) is 5.92. The van der Waals surface area contributed by atoms with Gasteiger partial charge in [0.25, 0.3) is 5.91 Å². The summed E-state index contributed by atoms with van der Waals surface area (Å²) < 4.78 is 12.1. The van der Waals surface area contributed by atoms with Crippen LogP contribution in [-0.4, -0.2) is 55.3 Å². The number of nitrogens with one attached hydrogen (secondary N) is 1. The van der Waals surface area contributed by atoms with E-state index in [1.54, 1.807) is 25.1 Å². The Morgan fingerprint density at radius 2 is 2.12 bits per heavy atom. The molecule has 3 atom stereocenters. The Labute approximate surface area is 156 Å². The molecule has 1 saturated heterocycles. The Morgan fingerprint density at radius 3 is 2.75 bits per heavy atom. The normalized spacial score (nSPS) is 22.9. The van der Waals surface area contributed by atoms with Crippen molar-refractivity contribution in [3.8, 4) is 5.75 Å². The van der Waals surface area contributed by atoms with Crippen molar-refractivity contribution >= 4 is 33.4 Å². The number of rotatable bonds is 6. The highest BCUT2D eigenvalue weighted by molar-refractivity contribution is 9.10. The van der Waals surface area contributed by atoms with Gasteiger partial charge in [0.1, 0.15) is 5.75 Å². The average molecular weight is 420 g/mol. The van der Waals surface area contributed by atoms with Crippen LogP contribution in [0.2, 0.25) is 5.02 Å². The van der Waals surface area contributed by atoms with E-state index in [4.69, 9.17) is 21.1 Å². The Hall–Kier alpha value is -0.820. The Kier molecular flexibility index (Phi) is 7.34. The van der Waals surface area contributed by atoms with Crippen LogP contribution in [0.15, 0.2) is 22.7 Å². The zero-order chi connectivity index (χ0) is 17.7. The van der Waals surface area contributed by atoms with Gasteiger partial charge in [-0.2, -0.15) is 0 Å². The minimum atomic E-state index is -0.579. The maximum absolute atomic E-state index is 12.2. The van der Waals surface area contributed by atoms with Crippen LogP contribution in [0.4, 0.5) is 0 Å². The zero-order valence-corrected chi connectivity index (χ0v) is 16.6. The summed E-state index contributed by atoms with van der Waals surface area (Å²) in [4.78, 5) is 14.5. The SMILES string of the molecule is CC1CN(CCNC(=O)C(C)Oc2ccc(Cl)cc2Br)CC(C)O1. The molecule has 134 valence electrons. The molecule has 1 amide bonds. The van der Waals surface area contributed by atoms with E-state index >= 15 is 0 Å². The van der Waals surface area contributed by atoms with E-state index in [0.29, 0.717) is 17.3 Å². The van der Waals surface area contributed by atoms with Crippen molar-refractivity contribution in [3.05, 3.63) is 27.7 Å². The van der Waals surface area contributed by atoms with Crippen molar-refractivity contribution < 1.29 is 14.3 Å². The van der Waals surface area contributed by atoms with Crippen LogP contribution in [0.25, 0.3) is 0 Å². The molecule has 3 unspecified atom stereocenters. The summed E-state index contributed by atoms with van der Waals surface area (Å²) in [7, 11) is 0. The van der Waals surface area contributed by atoms with E-state index in [1.807, 2.05) is 0 Å². The number of nitrogens with zero attached hydrogens (tertiary/aromatic N) is 1. The second kappa shape index (κ2) is 9.04. The largest absolute Gasteiger partial charge is 0.480 e. The van der Waals surface area contributed by atoms with Crippen molar-refractivity contribution in [2.45, 2.75) is 39.1 Å². The summed E-state index contributed by atoms with van der Waals surface area (Å²) in [6, 6.07) is 5.21. The predicted molar refractivity (Wildman–Crippen MR) is 98.7 cm³/mol. The van der Waals surface area contributed by atoms with Crippen molar-refractivity contribution in [3.63, 3.8) is 0 Å². The lowest BCUT2D eigenvalue weighted by atomic mass is 10.2. The van der Waals surface area contributed by atoms with E-state index in [9.17, 15) is 4.79 Å². The van der Waals surface area contributed by atoms with Gasteiger partial charge in [-0.1, -0.05) is 11.6 Å². The van der Waals surface area contributed by atoms with Gasteiger partial charge in [-0.05, 0) is 54.9 Å². The molecule has 7 heteroatoms. The Morgan fingerprint density at radius 1 is 1.46 bits per heavy atom. The van der Waals surface area contributed by atoms with Gasteiger partial charge in [-0.15, -0.1) is 0 Å². The number of benzene rings is 1. The number of hydrogen-bond donors (Lipinski definition) is 1. The third-order valence-corrected chi connectivity index (χ3v) is 4.64. The average Bonchev–Trinajstić information content (AvgIpc) is 2.49. The molecule has 1 heterocycles. The first-order valence-electron chi connectivity index (χ1n) is 8.12. The van der Waals surface area contributed by atoms with Crippen LogP contribution in [0.3, 0.4) is 0 Å². The molecule has 1 aliphatic rings. The second-order valence-corrected chi connectivity index (χ2v) is 7.43. The lowest BCUT2D eigenvalue weighted by molar-refractivity contribution is -0.127. The molecule has 5 nitrogen and oxygen atoms in total. The number of amides is 1. The fraction of sp³-hybridized carbons (Fsp3) is 0.588. The topological polar surface area (TPSA) is 50.8 Å². The minimum absolute atomic E-state index is 0.133. The number of hydrogen-bond acceptors (Lipinski definition) is 4. The van der Waals surface area contributed by atoms with Crippen LogP contribution in [-0.2, 0) is 9.53 Å². The van der Waals surface area contributed by atoms with Gasteiger partial charge in [0.05, 0.1) is 16.7 Å². The lowest BCUT2D eigenvalue weighted by Gasteiger charge is -2.35. The molecule has 1 fully saturated rings. The predicted octanol–water partition coefficient (Wildman–Crippen LogP) is 3.10. The lowest BCUT2D eigenvalue weighted by Crippen LogP contribution is -2.48. The smallest absolute Gasteiger partial charge is 0.260 e. The summed E-state index contributed by atoms with van der Waals surface area (Å²) in [5, 5.41) is 3.53. The molecule has 0 bridgehead atoms. The van der Waals surface area contributed by atoms with E-state index in [0.717, 1.165) is 24.1 Å². The molecule has 0 radical (unpaired) electrons. The molecule has 1 aliphatic heterocycles. The summed E-state index contributed by atoms with van der Waals surface area (Å²) >= 11 is 9.28. The number of halogens is 2. The third-order valence-electron chi connectivity index (χ3n) is 3.79. The van der Waals surface area contributed by atoms with Crippen LogP contribution in [0.1, 0.15) is 20.8 Å². The molecule has 1 aromatic rings. The van der Waals surface area contributed by atoms with E-state index in [2.05, 4.69) is 40.0 Å². The first-order chi connectivity index (χ1) is 11.3. The van der Waals surface area contributed by atoms with Gasteiger partial charge < -0.3 is 14.8 Å². The molecular formula is C17H24BrClN2O3. The molecule has 0 spiro atoms. The Balaban J connectivity index is 1.75. The summed E-state index contributed by atoms with van der Waals surface area (Å²) in [5.74, 6) is 0.462. The quantitative estimate of drug-likeness (QED) is 0.770. The molecule has 0 saturated carbocycles. The van der Waals surface area contributed by atoms with Gasteiger partial charge in [0.2, 0.25) is 0 Å². The number of carbonyl (C=O) groups is 1. The number of morpholine rings is 1. The van der Waals surface area contributed by atoms with Gasteiger partial charge in [0.15, 0.2) is 6.10 Å². The van der Waals surface area contributed by atoms with Gasteiger partial charge in [0, 0.05) is 31.2 Å².